The number of rotatable bonds is 4. The van der Waals surface area contributed by atoms with Gasteiger partial charge in [0.15, 0.2) is 0 Å². The molecule has 2 heterocycles. The number of hydrogen-bond acceptors (Lipinski definition) is 3. The predicted octanol–water partition coefficient (Wildman–Crippen LogP) is 3.32. The van der Waals surface area contributed by atoms with Crippen LogP contribution in [0.2, 0.25) is 0 Å². The number of amides is 1. The molecule has 0 radical (unpaired) electrons. The van der Waals surface area contributed by atoms with E-state index < -0.39 is 0 Å². The quantitative estimate of drug-likeness (QED) is 0.900. The second kappa shape index (κ2) is 7.32. The summed E-state index contributed by atoms with van der Waals surface area (Å²) in [7, 11) is 0. The maximum absolute atomic E-state index is 12.8. The SMILES string of the molecule is CC(C)Cc1ccc(C2CCN(C(=O)C3CC4(COCN4)C3)CC2)cc1. The summed E-state index contributed by atoms with van der Waals surface area (Å²) in [6.45, 7) is 7.75. The first-order chi connectivity index (χ1) is 12.5. The summed E-state index contributed by atoms with van der Waals surface area (Å²) in [6.07, 6.45) is 5.23. The van der Waals surface area contributed by atoms with Gasteiger partial charge in [-0.3, -0.25) is 10.1 Å². The van der Waals surface area contributed by atoms with Crippen LogP contribution in [0.25, 0.3) is 0 Å². The molecule has 1 aromatic rings. The van der Waals surface area contributed by atoms with Crippen molar-refractivity contribution in [1.82, 2.24) is 10.2 Å². The van der Waals surface area contributed by atoms with Crippen LogP contribution in [-0.2, 0) is 16.0 Å². The first kappa shape index (κ1) is 18.0. The molecule has 4 rings (SSSR count). The number of nitrogens with zero attached hydrogens (tertiary/aromatic N) is 1. The molecule has 3 fully saturated rings. The van der Waals surface area contributed by atoms with E-state index in [1.807, 2.05) is 0 Å². The summed E-state index contributed by atoms with van der Waals surface area (Å²) < 4.78 is 5.43. The summed E-state index contributed by atoms with van der Waals surface area (Å²) in [5.41, 5.74) is 2.98. The Kier molecular flexibility index (Phi) is 5.07. The van der Waals surface area contributed by atoms with Gasteiger partial charge in [0.05, 0.1) is 13.3 Å². The van der Waals surface area contributed by atoms with Crippen LogP contribution in [-0.4, -0.2) is 42.8 Å². The highest BCUT2D eigenvalue weighted by Gasteiger charge is 2.50. The third-order valence-corrected chi connectivity index (χ3v) is 6.45. The average Bonchev–Trinajstić information content (AvgIpc) is 3.10. The van der Waals surface area contributed by atoms with Crippen molar-refractivity contribution in [2.24, 2.45) is 11.8 Å². The van der Waals surface area contributed by atoms with E-state index in [2.05, 4.69) is 48.3 Å². The summed E-state index contributed by atoms with van der Waals surface area (Å²) in [6, 6.07) is 9.19. The molecule has 1 aromatic carbocycles. The van der Waals surface area contributed by atoms with Gasteiger partial charge in [-0.1, -0.05) is 38.1 Å². The van der Waals surface area contributed by atoms with Crippen LogP contribution in [0.5, 0.6) is 0 Å². The van der Waals surface area contributed by atoms with E-state index >= 15 is 0 Å². The fourth-order valence-electron chi connectivity index (χ4n) is 4.91. The Morgan fingerprint density at radius 1 is 1.23 bits per heavy atom. The fraction of sp³-hybridized carbons (Fsp3) is 0.682. The molecule has 26 heavy (non-hydrogen) atoms. The van der Waals surface area contributed by atoms with Gasteiger partial charge in [0.25, 0.3) is 0 Å². The number of ether oxygens (including phenoxy) is 1. The number of nitrogens with one attached hydrogen (secondary N) is 1. The van der Waals surface area contributed by atoms with Gasteiger partial charge in [0.1, 0.15) is 0 Å². The van der Waals surface area contributed by atoms with Gasteiger partial charge >= 0.3 is 0 Å². The molecule has 1 aliphatic carbocycles. The van der Waals surface area contributed by atoms with Gasteiger partial charge in [-0.15, -0.1) is 0 Å². The number of carbonyl (C=O) groups excluding carboxylic acids is 1. The molecule has 1 amide bonds. The first-order valence-electron chi connectivity index (χ1n) is 10.2. The van der Waals surface area contributed by atoms with Crippen molar-refractivity contribution in [2.75, 3.05) is 26.4 Å². The van der Waals surface area contributed by atoms with E-state index in [0.29, 0.717) is 24.5 Å². The Hall–Kier alpha value is -1.39. The Morgan fingerprint density at radius 2 is 1.92 bits per heavy atom. The molecule has 4 nitrogen and oxygen atoms in total. The first-order valence-corrected chi connectivity index (χ1v) is 10.2. The minimum Gasteiger partial charge on any atom is -0.364 e. The van der Waals surface area contributed by atoms with Crippen LogP contribution < -0.4 is 5.32 Å². The molecule has 3 aliphatic rings. The average molecular weight is 357 g/mol. The standard InChI is InChI=1S/C22H32N2O2/c1-16(2)11-17-3-5-18(6-4-17)19-7-9-24(10-8-19)21(25)20-12-22(13-20)14-26-15-23-22/h3-6,16,19-20,23H,7-15H2,1-2H3. The Balaban J connectivity index is 1.27. The van der Waals surface area contributed by atoms with Gasteiger partial charge in [0, 0.05) is 24.5 Å². The minimum atomic E-state index is 0.108. The largest absolute Gasteiger partial charge is 0.364 e. The molecule has 1 spiro atoms. The van der Waals surface area contributed by atoms with Crippen molar-refractivity contribution < 1.29 is 9.53 Å². The Labute approximate surface area is 157 Å². The molecular formula is C22H32N2O2. The Morgan fingerprint density at radius 3 is 2.50 bits per heavy atom. The molecule has 142 valence electrons. The van der Waals surface area contributed by atoms with Crippen LogP contribution in [0, 0.1) is 11.8 Å². The lowest BCUT2D eigenvalue weighted by Crippen LogP contribution is -2.58. The molecule has 2 saturated heterocycles. The topological polar surface area (TPSA) is 41.6 Å². The summed E-state index contributed by atoms with van der Waals surface area (Å²) >= 11 is 0. The molecule has 2 aliphatic heterocycles. The maximum atomic E-state index is 12.8. The van der Waals surface area contributed by atoms with E-state index in [1.54, 1.807) is 0 Å². The Bertz CT molecular complexity index is 618. The highest BCUT2D eigenvalue weighted by molar-refractivity contribution is 5.80. The van der Waals surface area contributed by atoms with Crippen molar-refractivity contribution in [3.05, 3.63) is 35.4 Å². The lowest BCUT2D eigenvalue weighted by Gasteiger charge is -2.45. The number of carbonyl (C=O) groups is 1. The van der Waals surface area contributed by atoms with Crippen molar-refractivity contribution in [1.29, 1.82) is 0 Å². The van der Waals surface area contributed by atoms with Crippen LogP contribution >= 0.6 is 0 Å². The normalized spacial score (nSPS) is 29.3. The van der Waals surface area contributed by atoms with Gasteiger partial charge in [-0.05, 0) is 55.1 Å². The second-order valence-corrected chi connectivity index (χ2v) is 8.99. The van der Waals surface area contributed by atoms with Crippen molar-refractivity contribution in [3.63, 3.8) is 0 Å². The molecule has 0 aromatic heterocycles. The minimum absolute atomic E-state index is 0.108. The second-order valence-electron chi connectivity index (χ2n) is 8.99. The van der Waals surface area contributed by atoms with Gasteiger partial charge < -0.3 is 9.64 Å². The zero-order chi connectivity index (χ0) is 18.1. The van der Waals surface area contributed by atoms with E-state index in [1.165, 1.54) is 11.1 Å². The molecule has 0 atom stereocenters. The molecule has 1 saturated carbocycles. The molecule has 1 N–H and O–H groups in total. The third kappa shape index (κ3) is 3.67. The highest BCUT2D eigenvalue weighted by Crippen LogP contribution is 2.41. The summed E-state index contributed by atoms with van der Waals surface area (Å²) in [5.74, 6) is 1.88. The van der Waals surface area contributed by atoms with Crippen molar-refractivity contribution >= 4 is 5.91 Å². The zero-order valence-electron chi connectivity index (χ0n) is 16.2. The highest BCUT2D eigenvalue weighted by atomic mass is 16.5. The molecular weight excluding hydrogens is 324 g/mol. The fourth-order valence-corrected chi connectivity index (χ4v) is 4.91. The monoisotopic (exact) mass is 356 g/mol. The van der Waals surface area contributed by atoms with Gasteiger partial charge in [-0.2, -0.15) is 0 Å². The van der Waals surface area contributed by atoms with Gasteiger partial charge in [0.2, 0.25) is 5.91 Å². The van der Waals surface area contributed by atoms with Crippen LogP contribution in [0.15, 0.2) is 24.3 Å². The smallest absolute Gasteiger partial charge is 0.225 e. The summed E-state index contributed by atoms with van der Waals surface area (Å²) in [5, 5.41) is 3.41. The maximum Gasteiger partial charge on any atom is 0.225 e. The van der Waals surface area contributed by atoms with Crippen LogP contribution in [0.3, 0.4) is 0 Å². The van der Waals surface area contributed by atoms with Crippen molar-refractivity contribution in [3.8, 4) is 0 Å². The number of piperidine rings is 1. The third-order valence-electron chi connectivity index (χ3n) is 6.45. The van der Waals surface area contributed by atoms with E-state index in [4.69, 9.17) is 4.74 Å². The van der Waals surface area contributed by atoms with Crippen LogP contribution in [0.4, 0.5) is 0 Å². The van der Waals surface area contributed by atoms with Crippen LogP contribution in [0.1, 0.15) is 56.6 Å². The molecule has 0 unspecified atom stereocenters. The summed E-state index contributed by atoms with van der Waals surface area (Å²) in [4.78, 5) is 14.9. The molecule has 4 heteroatoms. The number of likely N-dealkylation sites (tertiary alicyclic amines) is 1. The number of hydrogen-bond donors (Lipinski definition) is 1. The zero-order valence-corrected chi connectivity index (χ0v) is 16.2. The molecule has 0 bridgehead atoms. The number of benzene rings is 1. The lowest BCUT2D eigenvalue weighted by atomic mass is 9.68. The van der Waals surface area contributed by atoms with Gasteiger partial charge in [-0.25, -0.2) is 0 Å². The lowest BCUT2D eigenvalue weighted by molar-refractivity contribution is -0.142. The van der Waals surface area contributed by atoms with E-state index in [-0.39, 0.29) is 11.5 Å². The predicted molar refractivity (Wildman–Crippen MR) is 103 cm³/mol. The van der Waals surface area contributed by atoms with Crippen molar-refractivity contribution in [2.45, 2.75) is 57.4 Å². The van der Waals surface area contributed by atoms with E-state index in [0.717, 1.165) is 51.8 Å². The van der Waals surface area contributed by atoms with E-state index in [9.17, 15) is 4.79 Å².